The zero-order valence-corrected chi connectivity index (χ0v) is 24.5. The molecule has 11 heteroatoms. The minimum Gasteiger partial charge on any atom is -0.446 e. The van der Waals surface area contributed by atoms with Crippen LogP contribution >= 0.6 is 11.6 Å². The Morgan fingerprint density at radius 3 is 2.49 bits per heavy atom. The zero-order valence-electron chi connectivity index (χ0n) is 23.7. The van der Waals surface area contributed by atoms with Gasteiger partial charge in [0.05, 0.1) is 6.04 Å². The fourth-order valence-corrected chi connectivity index (χ4v) is 5.89. The molecule has 3 aliphatic rings. The Hall–Kier alpha value is -3.14. The second-order valence-corrected chi connectivity index (χ2v) is 12.4. The summed E-state index contributed by atoms with van der Waals surface area (Å²) < 4.78 is 5.80. The van der Waals surface area contributed by atoms with Gasteiger partial charge in [-0.05, 0) is 81.4 Å². The highest BCUT2D eigenvalue weighted by Crippen LogP contribution is 2.32. The van der Waals surface area contributed by atoms with Crippen LogP contribution in [0.3, 0.4) is 0 Å². The van der Waals surface area contributed by atoms with Gasteiger partial charge in [-0.15, -0.1) is 0 Å². The Balaban J connectivity index is 1.39. The summed E-state index contributed by atoms with van der Waals surface area (Å²) in [6.07, 6.45) is 4.78. The molecule has 0 aromatic heterocycles. The molecule has 4 amide bonds. The molecule has 2 saturated carbocycles. The molecule has 224 valence electrons. The van der Waals surface area contributed by atoms with Crippen LogP contribution in [0.5, 0.6) is 0 Å². The molecular formula is C30H41ClN4O6. The van der Waals surface area contributed by atoms with Crippen LogP contribution in [-0.2, 0) is 30.3 Å². The standard InChI is InChI=1S/C30H41ClN4O6/c1-17(2)13-24(35-30(40)41-25-8-4-6-19(25)14-18-5-3-7-21(31)15-18)28(38)34-23(16-20-11-12-32-27(20)37)26(36)29(39)33-22-9-10-22/h3,5,7,15,17,19-20,22-25H,4,6,8-14,16H2,1-2H3,(H,32,37)(H,33,39)(H,34,38)(H,35,40)/t19?,20-,23-,24-,25?/m0/s1. The summed E-state index contributed by atoms with van der Waals surface area (Å²) in [5.74, 6) is -2.65. The fraction of sp³-hybridized carbons (Fsp3) is 0.633. The van der Waals surface area contributed by atoms with Crippen LogP contribution in [0, 0.1) is 17.8 Å². The molecule has 41 heavy (non-hydrogen) atoms. The van der Waals surface area contributed by atoms with E-state index in [9.17, 15) is 24.0 Å². The van der Waals surface area contributed by atoms with Crippen LogP contribution < -0.4 is 21.3 Å². The molecule has 0 spiro atoms. The van der Waals surface area contributed by atoms with Crippen LogP contribution in [0.15, 0.2) is 24.3 Å². The molecule has 1 saturated heterocycles. The third-order valence-electron chi connectivity index (χ3n) is 8.00. The maximum Gasteiger partial charge on any atom is 0.408 e. The summed E-state index contributed by atoms with van der Waals surface area (Å²) >= 11 is 6.14. The molecule has 4 rings (SSSR count). The first-order valence-corrected chi connectivity index (χ1v) is 15.1. The largest absolute Gasteiger partial charge is 0.446 e. The van der Waals surface area contributed by atoms with E-state index in [2.05, 4.69) is 21.3 Å². The summed E-state index contributed by atoms with van der Waals surface area (Å²) in [6.45, 7) is 4.31. The average molecular weight is 589 g/mol. The van der Waals surface area contributed by atoms with Crippen molar-refractivity contribution < 1.29 is 28.7 Å². The topological polar surface area (TPSA) is 143 Å². The predicted molar refractivity (Wildman–Crippen MR) is 153 cm³/mol. The molecule has 3 fully saturated rings. The number of ether oxygens (including phenoxy) is 1. The molecule has 0 radical (unpaired) electrons. The van der Waals surface area contributed by atoms with Gasteiger partial charge in [0, 0.05) is 29.4 Å². The number of ketones is 1. The number of alkyl carbamates (subject to hydrolysis) is 1. The van der Waals surface area contributed by atoms with Crippen molar-refractivity contribution in [2.24, 2.45) is 17.8 Å². The molecule has 1 heterocycles. The summed E-state index contributed by atoms with van der Waals surface area (Å²) in [5, 5.41) is 11.4. The Labute approximate surface area is 246 Å². The molecule has 5 atom stereocenters. The summed E-state index contributed by atoms with van der Waals surface area (Å²) in [7, 11) is 0. The maximum atomic E-state index is 13.4. The molecule has 10 nitrogen and oxygen atoms in total. The van der Waals surface area contributed by atoms with Gasteiger partial charge in [-0.1, -0.05) is 37.6 Å². The van der Waals surface area contributed by atoms with Crippen LogP contribution in [0.1, 0.15) is 70.8 Å². The number of carbonyl (C=O) groups is 5. The lowest BCUT2D eigenvalue weighted by molar-refractivity contribution is -0.141. The van der Waals surface area contributed by atoms with Crippen molar-refractivity contribution in [2.75, 3.05) is 6.54 Å². The van der Waals surface area contributed by atoms with Gasteiger partial charge in [0.1, 0.15) is 12.1 Å². The van der Waals surface area contributed by atoms with E-state index in [0.717, 1.165) is 44.1 Å². The maximum absolute atomic E-state index is 13.4. The lowest BCUT2D eigenvalue weighted by atomic mass is 9.94. The first-order valence-electron chi connectivity index (χ1n) is 14.7. The second kappa shape index (κ2) is 14.2. The van der Waals surface area contributed by atoms with Crippen molar-refractivity contribution in [3.8, 4) is 0 Å². The number of Topliss-reactive ketones (excluding diaryl/α,β-unsaturated/α-hetero) is 1. The first kappa shape index (κ1) is 30.8. The lowest BCUT2D eigenvalue weighted by Gasteiger charge is -2.26. The first-order chi connectivity index (χ1) is 19.6. The number of carbonyl (C=O) groups excluding carboxylic acids is 5. The highest BCUT2D eigenvalue weighted by atomic mass is 35.5. The van der Waals surface area contributed by atoms with Gasteiger partial charge in [0.15, 0.2) is 0 Å². The van der Waals surface area contributed by atoms with Gasteiger partial charge >= 0.3 is 6.09 Å². The van der Waals surface area contributed by atoms with Crippen molar-refractivity contribution in [3.05, 3.63) is 34.9 Å². The highest BCUT2D eigenvalue weighted by molar-refractivity contribution is 6.38. The molecule has 2 aliphatic carbocycles. The number of benzene rings is 1. The van der Waals surface area contributed by atoms with Crippen molar-refractivity contribution in [3.63, 3.8) is 0 Å². The smallest absolute Gasteiger partial charge is 0.408 e. The van der Waals surface area contributed by atoms with Crippen molar-refractivity contribution in [1.82, 2.24) is 21.3 Å². The SMILES string of the molecule is CC(C)C[C@H](NC(=O)OC1CCCC1Cc1cccc(Cl)c1)C(=O)N[C@@H](C[C@@H]1CCNC1=O)C(=O)C(=O)NC1CC1. The van der Waals surface area contributed by atoms with Gasteiger partial charge < -0.3 is 26.0 Å². The van der Waals surface area contributed by atoms with E-state index >= 15 is 0 Å². The molecular weight excluding hydrogens is 548 g/mol. The average Bonchev–Trinajstić information content (AvgIpc) is 3.48. The zero-order chi connectivity index (χ0) is 29.5. The Bertz CT molecular complexity index is 1140. The lowest BCUT2D eigenvalue weighted by Crippen LogP contribution is -2.55. The second-order valence-electron chi connectivity index (χ2n) is 12.0. The Kier molecular flexibility index (Phi) is 10.6. The van der Waals surface area contributed by atoms with Crippen LogP contribution in [0.4, 0.5) is 4.79 Å². The van der Waals surface area contributed by atoms with Gasteiger partial charge in [-0.25, -0.2) is 4.79 Å². The molecule has 2 unspecified atom stereocenters. The number of halogens is 1. The minimum atomic E-state index is -1.18. The predicted octanol–water partition coefficient (Wildman–Crippen LogP) is 3.05. The van der Waals surface area contributed by atoms with Gasteiger partial charge in [-0.3, -0.25) is 19.2 Å². The van der Waals surface area contributed by atoms with Crippen LogP contribution in [-0.4, -0.2) is 60.4 Å². The minimum absolute atomic E-state index is 0.0145. The van der Waals surface area contributed by atoms with Crippen LogP contribution in [0.2, 0.25) is 5.02 Å². The van der Waals surface area contributed by atoms with E-state index in [0.29, 0.717) is 24.4 Å². The number of rotatable bonds is 13. The summed E-state index contributed by atoms with van der Waals surface area (Å²) in [6, 6.07) is 5.45. The number of hydrogen-bond donors (Lipinski definition) is 4. The van der Waals surface area contributed by atoms with E-state index < -0.39 is 41.7 Å². The van der Waals surface area contributed by atoms with Crippen LogP contribution in [0.25, 0.3) is 0 Å². The van der Waals surface area contributed by atoms with E-state index in [1.54, 1.807) is 0 Å². The number of nitrogens with one attached hydrogen (secondary N) is 4. The van der Waals surface area contributed by atoms with Gasteiger partial charge in [-0.2, -0.15) is 0 Å². The normalized spacial score (nSPS) is 23.4. The third kappa shape index (κ3) is 9.18. The molecule has 1 aromatic carbocycles. The third-order valence-corrected chi connectivity index (χ3v) is 8.24. The van der Waals surface area contributed by atoms with Gasteiger partial charge in [0.2, 0.25) is 17.6 Å². The summed E-state index contributed by atoms with van der Waals surface area (Å²) in [5.41, 5.74) is 1.08. The quantitative estimate of drug-likeness (QED) is 0.261. The monoisotopic (exact) mass is 588 g/mol. The van der Waals surface area contributed by atoms with Gasteiger partial charge in [0.25, 0.3) is 5.91 Å². The molecule has 0 bridgehead atoms. The molecule has 1 aromatic rings. The van der Waals surface area contributed by atoms with E-state index in [1.807, 2.05) is 38.1 Å². The Morgan fingerprint density at radius 1 is 1.05 bits per heavy atom. The highest BCUT2D eigenvalue weighted by Gasteiger charge is 2.38. The summed E-state index contributed by atoms with van der Waals surface area (Å²) in [4.78, 5) is 64.3. The Morgan fingerprint density at radius 2 is 1.83 bits per heavy atom. The van der Waals surface area contributed by atoms with Crippen molar-refractivity contribution in [1.29, 1.82) is 0 Å². The van der Waals surface area contributed by atoms with E-state index in [-0.39, 0.29) is 36.3 Å². The van der Waals surface area contributed by atoms with Crippen molar-refractivity contribution in [2.45, 2.75) is 95.9 Å². The number of hydrogen-bond acceptors (Lipinski definition) is 6. The fourth-order valence-electron chi connectivity index (χ4n) is 5.68. The van der Waals surface area contributed by atoms with E-state index in [1.165, 1.54) is 0 Å². The molecule has 1 aliphatic heterocycles. The molecule has 4 N–H and O–H groups in total. The van der Waals surface area contributed by atoms with E-state index in [4.69, 9.17) is 16.3 Å². The van der Waals surface area contributed by atoms with Crippen molar-refractivity contribution >= 4 is 41.2 Å². The number of amides is 4.